The highest BCUT2D eigenvalue weighted by molar-refractivity contribution is 9.10. The molecule has 2 aromatic carbocycles. The zero-order valence-electron chi connectivity index (χ0n) is 14.7. The second kappa shape index (κ2) is 8.50. The normalized spacial score (nSPS) is 10.8. The van der Waals surface area contributed by atoms with E-state index in [4.69, 9.17) is 9.47 Å². The minimum Gasteiger partial charge on any atom is -0.493 e. The van der Waals surface area contributed by atoms with Gasteiger partial charge in [0.1, 0.15) is 5.69 Å². The topological polar surface area (TPSA) is 88.6 Å². The third-order valence-corrected chi connectivity index (χ3v) is 4.50. The number of carbonyl (C=O) groups is 1. The minimum atomic E-state index is -0.391. The van der Waals surface area contributed by atoms with Gasteiger partial charge in [-0.3, -0.25) is 9.89 Å². The third-order valence-electron chi connectivity index (χ3n) is 3.78. The van der Waals surface area contributed by atoms with E-state index in [9.17, 15) is 4.79 Å². The number of nitrogens with zero attached hydrogens (tertiary/aromatic N) is 2. The van der Waals surface area contributed by atoms with Gasteiger partial charge in [0, 0.05) is 15.6 Å². The summed E-state index contributed by atoms with van der Waals surface area (Å²) < 4.78 is 11.4. The van der Waals surface area contributed by atoms with Crippen molar-refractivity contribution in [2.75, 3.05) is 14.2 Å². The molecule has 1 aromatic heterocycles. The maximum Gasteiger partial charge on any atom is 0.289 e. The lowest BCUT2D eigenvalue weighted by Gasteiger charge is -2.08. The average Bonchev–Trinajstić information content (AvgIpc) is 3.19. The van der Waals surface area contributed by atoms with Crippen molar-refractivity contribution >= 4 is 28.1 Å². The highest BCUT2D eigenvalue weighted by Crippen LogP contribution is 2.31. The van der Waals surface area contributed by atoms with Crippen molar-refractivity contribution in [3.05, 3.63) is 64.3 Å². The van der Waals surface area contributed by atoms with E-state index in [0.29, 0.717) is 22.9 Å². The minimum absolute atomic E-state index is 0.295. The molecule has 1 amide bonds. The Bertz CT molecular complexity index is 985. The fourth-order valence-corrected chi connectivity index (χ4v) is 2.77. The Morgan fingerprint density at radius 2 is 1.93 bits per heavy atom. The van der Waals surface area contributed by atoms with Crippen molar-refractivity contribution in [2.24, 2.45) is 5.10 Å². The van der Waals surface area contributed by atoms with Gasteiger partial charge in [-0.15, -0.1) is 0 Å². The van der Waals surface area contributed by atoms with Gasteiger partial charge in [-0.25, -0.2) is 5.43 Å². The first kappa shape index (κ1) is 18.7. The maximum atomic E-state index is 12.2. The molecule has 0 aliphatic heterocycles. The number of halogens is 1. The molecule has 2 N–H and O–H groups in total. The van der Waals surface area contributed by atoms with E-state index in [-0.39, 0.29) is 0 Å². The van der Waals surface area contributed by atoms with E-state index in [2.05, 4.69) is 36.7 Å². The van der Waals surface area contributed by atoms with Crippen LogP contribution in [0.5, 0.6) is 11.5 Å². The van der Waals surface area contributed by atoms with E-state index in [1.165, 1.54) is 0 Å². The van der Waals surface area contributed by atoms with Gasteiger partial charge in [0.25, 0.3) is 5.91 Å². The molecule has 0 bridgehead atoms. The number of nitrogens with one attached hydrogen (secondary N) is 2. The number of amides is 1. The van der Waals surface area contributed by atoms with E-state index < -0.39 is 5.91 Å². The SMILES string of the molecule is COc1ccc(-c2cc(C(=O)N/N=C\c3ccccc3Br)[nH]n2)cc1OC. The van der Waals surface area contributed by atoms with Crippen LogP contribution in [0.15, 0.2) is 58.1 Å². The van der Waals surface area contributed by atoms with Crippen molar-refractivity contribution in [1.29, 1.82) is 0 Å². The number of H-pyrrole nitrogens is 1. The van der Waals surface area contributed by atoms with Crippen LogP contribution in [0, 0.1) is 0 Å². The summed E-state index contributed by atoms with van der Waals surface area (Å²) in [6.45, 7) is 0. The van der Waals surface area contributed by atoms with Crippen LogP contribution in [0.2, 0.25) is 0 Å². The maximum absolute atomic E-state index is 12.2. The average molecular weight is 429 g/mol. The van der Waals surface area contributed by atoms with Crippen molar-refractivity contribution < 1.29 is 14.3 Å². The number of hydrogen-bond donors (Lipinski definition) is 2. The van der Waals surface area contributed by atoms with E-state index in [1.807, 2.05) is 30.3 Å². The van der Waals surface area contributed by atoms with Crippen LogP contribution in [0.1, 0.15) is 16.1 Å². The molecule has 0 saturated heterocycles. The van der Waals surface area contributed by atoms with Gasteiger partial charge in [-0.2, -0.15) is 10.2 Å². The molecule has 0 aliphatic rings. The largest absolute Gasteiger partial charge is 0.493 e. The molecule has 0 fully saturated rings. The first-order valence-corrected chi connectivity index (χ1v) is 8.77. The monoisotopic (exact) mass is 428 g/mol. The molecule has 27 heavy (non-hydrogen) atoms. The highest BCUT2D eigenvalue weighted by atomic mass is 79.9. The first-order valence-electron chi connectivity index (χ1n) is 7.98. The van der Waals surface area contributed by atoms with Gasteiger partial charge < -0.3 is 9.47 Å². The van der Waals surface area contributed by atoms with Crippen LogP contribution in [0.25, 0.3) is 11.3 Å². The number of aromatic nitrogens is 2. The fraction of sp³-hybridized carbons (Fsp3) is 0.105. The Hall–Kier alpha value is -3.13. The number of rotatable bonds is 6. The fourth-order valence-electron chi connectivity index (χ4n) is 2.38. The quantitative estimate of drug-likeness (QED) is 0.463. The Balaban J connectivity index is 1.72. The second-order valence-corrected chi connectivity index (χ2v) is 6.31. The van der Waals surface area contributed by atoms with E-state index in [1.54, 1.807) is 38.6 Å². The molecule has 0 radical (unpaired) electrons. The van der Waals surface area contributed by atoms with Crippen molar-refractivity contribution in [3.63, 3.8) is 0 Å². The van der Waals surface area contributed by atoms with Gasteiger partial charge in [-0.05, 0) is 30.3 Å². The molecule has 0 aliphatic carbocycles. The predicted molar refractivity (Wildman–Crippen MR) is 106 cm³/mol. The summed E-state index contributed by atoms with van der Waals surface area (Å²) in [4.78, 5) is 12.2. The molecule has 3 rings (SSSR count). The van der Waals surface area contributed by atoms with Gasteiger partial charge in [0.15, 0.2) is 11.5 Å². The van der Waals surface area contributed by atoms with Crippen molar-refractivity contribution in [1.82, 2.24) is 15.6 Å². The van der Waals surface area contributed by atoms with Crippen LogP contribution in [0.4, 0.5) is 0 Å². The van der Waals surface area contributed by atoms with Crippen LogP contribution >= 0.6 is 15.9 Å². The standard InChI is InChI=1S/C19H17BrN4O3/c1-26-17-8-7-12(9-18(17)27-2)15-10-16(23-22-15)19(25)24-21-11-13-5-3-4-6-14(13)20/h3-11H,1-2H3,(H,22,23)(H,24,25)/b21-11-. The number of methoxy groups -OCH3 is 2. The summed E-state index contributed by atoms with van der Waals surface area (Å²) in [6.07, 6.45) is 1.56. The number of carbonyl (C=O) groups excluding carboxylic acids is 1. The highest BCUT2D eigenvalue weighted by Gasteiger charge is 2.12. The molecule has 1 heterocycles. The van der Waals surface area contributed by atoms with Crippen molar-refractivity contribution in [2.45, 2.75) is 0 Å². The van der Waals surface area contributed by atoms with Crippen molar-refractivity contribution in [3.8, 4) is 22.8 Å². The molecule has 0 unspecified atom stereocenters. The molecular weight excluding hydrogens is 412 g/mol. The molecule has 0 atom stereocenters. The number of hydrazone groups is 1. The van der Waals surface area contributed by atoms with E-state index >= 15 is 0 Å². The summed E-state index contributed by atoms with van der Waals surface area (Å²) >= 11 is 3.42. The van der Waals surface area contributed by atoms with Crippen LogP contribution in [0.3, 0.4) is 0 Å². The number of benzene rings is 2. The third kappa shape index (κ3) is 4.35. The molecule has 3 aromatic rings. The summed E-state index contributed by atoms with van der Waals surface area (Å²) in [7, 11) is 3.14. The summed E-state index contributed by atoms with van der Waals surface area (Å²) in [5.41, 5.74) is 5.02. The molecule has 138 valence electrons. The Kier molecular flexibility index (Phi) is 5.87. The van der Waals surface area contributed by atoms with Gasteiger partial charge >= 0.3 is 0 Å². The number of ether oxygens (including phenoxy) is 2. The zero-order chi connectivity index (χ0) is 19.2. The number of aromatic amines is 1. The summed E-state index contributed by atoms with van der Waals surface area (Å²) in [5, 5.41) is 10.9. The van der Waals surface area contributed by atoms with Crippen LogP contribution in [-0.2, 0) is 0 Å². The van der Waals surface area contributed by atoms with E-state index in [0.717, 1.165) is 15.6 Å². The lowest BCUT2D eigenvalue weighted by atomic mass is 10.1. The lowest BCUT2D eigenvalue weighted by molar-refractivity contribution is 0.0950. The summed E-state index contributed by atoms with van der Waals surface area (Å²) in [6, 6.07) is 14.6. The van der Waals surface area contributed by atoms with Crippen LogP contribution < -0.4 is 14.9 Å². The Morgan fingerprint density at radius 1 is 1.15 bits per heavy atom. The Labute approximate surface area is 164 Å². The molecule has 7 nitrogen and oxygen atoms in total. The predicted octanol–water partition coefficient (Wildman–Crippen LogP) is 3.62. The number of hydrogen-bond acceptors (Lipinski definition) is 5. The first-order chi connectivity index (χ1) is 13.1. The van der Waals surface area contributed by atoms with Gasteiger partial charge in [0.2, 0.25) is 0 Å². The Morgan fingerprint density at radius 3 is 2.67 bits per heavy atom. The molecule has 0 saturated carbocycles. The molecule has 0 spiro atoms. The van der Waals surface area contributed by atoms with Gasteiger partial charge in [0.05, 0.1) is 26.1 Å². The second-order valence-electron chi connectivity index (χ2n) is 5.46. The van der Waals surface area contributed by atoms with Crippen LogP contribution in [-0.4, -0.2) is 36.5 Å². The van der Waals surface area contributed by atoms with Gasteiger partial charge in [-0.1, -0.05) is 34.1 Å². The lowest BCUT2D eigenvalue weighted by Crippen LogP contribution is -2.18. The summed E-state index contributed by atoms with van der Waals surface area (Å²) in [5.74, 6) is 0.815. The smallest absolute Gasteiger partial charge is 0.289 e. The molecule has 8 heteroatoms. The zero-order valence-corrected chi connectivity index (χ0v) is 16.3. The molecular formula is C19H17BrN4O3.